The summed E-state index contributed by atoms with van der Waals surface area (Å²) >= 11 is 1.91. The number of benzene rings is 2. The van der Waals surface area contributed by atoms with Crippen LogP contribution in [0.5, 0.6) is 5.75 Å². The molecule has 0 saturated heterocycles. The van der Waals surface area contributed by atoms with Gasteiger partial charge in [0.1, 0.15) is 5.75 Å². The van der Waals surface area contributed by atoms with Crippen molar-refractivity contribution in [2.75, 3.05) is 12.4 Å². The SMILES string of the molecule is CC[C@H](O)c1ccc(OCC2CSc3ccccc32)cc1. The third-order valence-corrected chi connectivity index (χ3v) is 5.15. The van der Waals surface area contributed by atoms with Crippen molar-refractivity contribution in [2.24, 2.45) is 0 Å². The molecule has 0 fully saturated rings. The summed E-state index contributed by atoms with van der Waals surface area (Å²) in [6.45, 7) is 2.68. The Bertz CT molecular complexity index is 594. The lowest BCUT2D eigenvalue weighted by Gasteiger charge is -2.14. The van der Waals surface area contributed by atoms with Crippen LogP contribution in [-0.2, 0) is 0 Å². The van der Waals surface area contributed by atoms with E-state index in [2.05, 4.69) is 24.3 Å². The maximum Gasteiger partial charge on any atom is 0.119 e. The first-order valence-electron chi connectivity index (χ1n) is 7.40. The molecule has 0 saturated carbocycles. The quantitative estimate of drug-likeness (QED) is 0.887. The summed E-state index contributed by atoms with van der Waals surface area (Å²) in [5.41, 5.74) is 2.35. The second-order valence-electron chi connectivity index (χ2n) is 5.35. The second kappa shape index (κ2) is 6.54. The highest BCUT2D eigenvalue weighted by molar-refractivity contribution is 7.99. The van der Waals surface area contributed by atoms with Gasteiger partial charge in [0.25, 0.3) is 0 Å². The molecule has 1 aliphatic heterocycles. The first kappa shape index (κ1) is 14.5. The van der Waals surface area contributed by atoms with Gasteiger partial charge in [-0.1, -0.05) is 37.3 Å². The molecular weight excluding hydrogens is 280 g/mol. The average molecular weight is 300 g/mol. The Labute approximate surface area is 130 Å². The van der Waals surface area contributed by atoms with Crippen molar-refractivity contribution in [1.29, 1.82) is 0 Å². The zero-order valence-corrected chi connectivity index (χ0v) is 13.0. The Morgan fingerprint density at radius 3 is 2.71 bits per heavy atom. The van der Waals surface area contributed by atoms with Gasteiger partial charge in [0.2, 0.25) is 0 Å². The molecule has 3 rings (SSSR count). The Morgan fingerprint density at radius 1 is 1.19 bits per heavy atom. The van der Waals surface area contributed by atoms with Crippen LogP contribution in [0.1, 0.15) is 36.5 Å². The smallest absolute Gasteiger partial charge is 0.119 e. The van der Waals surface area contributed by atoms with Gasteiger partial charge in [0, 0.05) is 16.6 Å². The zero-order chi connectivity index (χ0) is 14.7. The molecule has 0 aliphatic carbocycles. The van der Waals surface area contributed by atoms with Gasteiger partial charge in [0.05, 0.1) is 12.7 Å². The molecule has 3 heteroatoms. The lowest BCUT2D eigenvalue weighted by molar-refractivity contribution is 0.173. The van der Waals surface area contributed by atoms with Gasteiger partial charge in [-0.15, -0.1) is 11.8 Å². The van der Waals surface area contributed by atoms with Crippen molar-refractivity contribution < 1.29 is 9.84 Å². The van der Waals surface area contributed by atoms with Crippen LogP contribution in [0.2, 0.25) is 0 Å². The van der Waals surface area contributed by atoms with E-state index in [1.807, 2.05) is 43.0 Å². The molecule has 1 aliphatic rings. The Kier molecular flexibility index (Phi) is 4.51. The van der Waals surface area contributed by atoms with Gasteiger partial charge < -0.3 is 9.84 Å². The van der Waals surface area contributed by atoms with Crippen molar-refractivity contribution in [3.05, 3.63) is 59.7 Å². The maximum atomic E-state index is 9.79. The van der Waals surface area contributed by atoms with E-state index in [0.29, 0.717) is 12.5 Å². The minimum absolute atomic E-state index is 0.378. The topological polar surface area (TPSA) is 29.5 Å². The van der Waals surface area contributed by atoms with E-state index in [9.17, 15) is 5.11 Å². The van der Waals surface area contributed by atoms with E-state index < -0.39 is 0 Å². The monoisotopic (exact) mass is 300 g/mol. The van der Waals surface area contributed by atoms with Gasteiger partial charge in [-0.25, -0.2) is 0 Å². The van der Waals surface area contributed by atoms with Crippen LogP contribution in [0.3, 0.4) is 0 Å². The standard InChI is InChI=1S/C18H20O2S/c1-2-17(19)13-7-9-15(10-8-13)20-11-14-12-21-18-6-4-3-5-16(14)18/h3-10,14,17,19H,2,11-12H2,1H3/t14?,17-/m0/s1. The van der Waals surface area contributed by atoms with Crippen LogP contribution in [0.4, 0.5) is 0 Å². The molecule has 2 aromatic carbocycles. The van der Waals surface area contributed by atoms with Crippen molar-refractivity contribution in [1.82, 2.24) is 0 Å². The normalized spacial score (nSPS) is 18.3. The fraction of sp³-hybridized carbons (Fsp3) is 0.333. The van der Waals surface area contributed by atoms with Gasteiger partial charge >= 0.3 is 0 Å². The molecule has 1 N–H and O–H groups in total. The highest BCUT2D eigenvalue weighted by Gasteiger charge is 2.23. The fourth-order valence-corrected chi connectivity index (χ4v) is 3.82. The summed E-state index contributed by atoms with van der Waals surface area (Å²) in [6, 6.07) is 16.3. The fourth-order valence-electron chi connectivity index (χ4n) is 2.59. The minimum atomic E-state index is -0.378. The Hall–Kier alpha value is -1.45. The molecular formula is C18H20O2S. The van der Waals surface area contributed by atoms with E-state index in [1.54, 1.807) is 0 Å². The van der Waals surface area contributed by atoms with Crippen LogP contribution in [0, 0.1) is 0 Å². The van der Waals surface area contributed by atoms with Gasteiger partial charge in [-0.3, -0.25) is 0 Å². The summed E-state index contributed by atoms with van der Waals surface area (Å²) in [5.74, 6) is 2.43. The van der Waals surface area contributed by atoms with Crippen molar-refractivity contribution in [3.8, 4) is 5.75 Å². The number of hydrogen-bond acceptors (Lipinski definition) is 3. The highest BCUT2D eigenvalue weighted by Crippen LogP contribution is 2.39. The predicted molar refractivity (Wildman–Crippen MR) is 87.1 cm³/mol. The molecule has 0 radical (unpaired) electrons. The first-order valence-corrected chi connectivity index (χ1v) is 8.39. The molecule has 0 amide bonds. The first-order chi connectivity index (χ1) is 10.3. The van der Waals surface area contributed by atoms with Crippen LogP contribution in [-0.4, -0.2) is 17.5 Å². The van der Waals surface area contributed by atoms with Gasteiger partial charge in [-0.2, -0.15) is 0 Å². The van der Waals surface area contributed by atoms with Crippen LogP contribution < -0.4 is 4.74 Å². The molecule has 2 aromatic rings. The highest BCUT2D eigenvalue weighted by atomic mass is 32.2. The Morgan fingerprint density at radius 2 is 1.95 bits per heavy atom. The molecule has 0 bridgehead atoms. The summed E-state index contributed by atoms with van der Waals surface area (Å²) < 4.78 is 5.92. The Balaban J connectivity index is 1.61. The molecule has 2 nitrogen and oxygen atoms in total. The minimum Gasteiger partial charge on any atom is -0.493 e. The number of ether oxygens (including phenoxy) is 1. The summed E-state index contributed by atoms with van der Waals surface area (Å²) in [7, 11) is 0. The number of hydrogen-bond donors (Lipinski definition) is 1. The molecule has 110 valence electrons. The number of thioether (sulfide) groups is 1. The van der Waals surface area contributed by atoms with Crippen molar-refractivity contribution in [3.63, 3.8) is 0 Å². The number of aliphatic hydroxyl groups excluding tert-OH is 1. The average Bonchev–Trinajstić information content (AvgIpc) is 2.96. The van der Waals surface area contributed by atoms with Gasteiger partial charge in [-0.05, 0) is 35.7 Å². The molecule has 0 aromatic heterocycles. The third kappa shape index (κ3) is 3.25. The van der Waals surface area contributed by atoms with E-state index in [4.69, 9.17) is 4.74 Å². The molecule has 1 heterocycles. The van der Waals surface area contributed by atoms with Crippen LogP contribution in [0.15, 0.2) is 53.4 Å². The van der Waals surface area contributed by atoms with Crippen LogP contribution in [0.25, 0.3) is 0 Å². The molecule has 1 unspecified atom stereocenters. The van der Waals surface area contributed by atoms with E-state index in [1.165, 1.54) is 10.5 Å². The number of fused-ring (bicyclic) bond motifs is 1. The van der Waals surface area contributed by atoms with E-state index in [-0.39, 0.29) is 6.10 Å². The maximum absolute atomic E-state index is 9.79. The predicted octanol–water partition coefficient (Wildman–Crippen LogP) is 4.40. The van der Waals surface area contributed by atoms with Crippen molar-refractivity contribution in [2.45, 2.75) is 30.3 Å². The summed E-state index contributed by atoms with van der Waals surface area (Å²) in [6.07, 6.45) is 0.355. The lowest BCUT2D eigenvalue weighted by atomic mass is 10.0. The zero-order valence-electron chi connectivity index (χ0n) is 12.2. The number of rotatable bonds is 5. The summed E-state index contributed by atoms with van der Waals surface area (Å²) in [5, 5.41) is 9.79. The van der Waals surface area contributed by atoms with E-state index in [0.717, 1.165) is 23.5 Å². The number of aliphatic hydroxyl groups is 1. The summed E-state index contributed by atoms with van der Waals surface area (Å²) in [4.78, 5) is 1.38. The molecule has 2 atom stereocenters. The molecule has 0 spiro atoms. The van der Waals surface area contributed by atoms with Crippen molar-refractivity contribution >= 4 is 11.8 Å². The largest absolute Gasteiger partial charge is 0.493 e. The van der Waals surface area contributed by atoms with E-state index >= 15 is 0 Å². The van der Waals surface area contributed by atoms with Gasteiger partial charge in [0.15, 0.2) is 0 Å². The lowest BCUT2D eigenvalue weighted by Crippen LogP contribution is -2.09. The third-order valence-electron chi connectivity index (χ3n) is 3.90. The van der Waals surface area contributed by atoms with Crippen LogP contribution >= 0.6 is 11.8 Å². The molecule has 21 heavy (non-hydrogen) atoms. The second-order valence-corrected chi connectivity index (χ2v) is 6.41.